The van der Waals surface area contributed by atoms with Crippen molar-refractivity contribution < 1.29 is 14.6 Å². The summed E-state index contributed by atoms with van der Waals surface area (Å²) in [4.78, 5) is 13.2. The number of carbonyl (C=O) groups is 1. The van der Waals surface area contributed by atoms with Gasteiger partial charge in [-0.05, 0) is 24.6 Å². The van der Waals surface area contributed by atoms with Gasteiger partial charge in [-0.3, -0.25) is 0 Å². The van der Waals surface area contributed by atoms with Crippen LogP contribution in [0.25, 0.3) is 0 Å². The first-order valence-corrected chi connectivity index (χ1v) is 6.99. The highest BCUT2D eigenvalue weighted by molar-refractivity contribution is 7.12. The van der Waals surface area contributed by atoms with Crippen molar-refractivity contribution >= 4 is 17.3 Å². The van der Waals surface area contributed by atoms with Crippen LogP contribution in [0.2, 0.25) is 0 Å². The van der Waals surface area contributed by atoms with Gasteiger partial charge in [0.1, 0.15) is 0 Å². The molecule has 3 nitrogen and oxygen atoms in total. The Morgan fingerprint density at radius 1 is 1.26 bits per heavy atom. The molecule has 0 aliphatic carbocycles. The predicted molar refractivity (Wildman–Crippen MR) is 75.2 cm³/mol. The van der Waals surface area contributed by atoms with Crippen LogP contribution in [0.4, 0.5) is 0 Å². The van der Waals surface area contributed by atoms with Gasteiger partial charge in [0, 0.05) is 16.2 Å². The van der Waals surface area contributed by atoms with E-state index in [0.29, 0.717) is 4.88 Å². The van der Waals surface area contributed by atoms with E-state index in [-0.39, 0.29) is 6.61 Å². The molecule has 19 heavy (non-hydrogen) atoms. The Labute approximate surface area is 116 Å². The van der Waals surface area contributed by atoms with Gasteiger partial charge in [-0.15, -0.1) is 11.3 Å². The lowest BCUT2D eigenvalue weighted by atomic mass is 10.1. The Bertz CT molecular complexity index is 533. The number of rotatable bonds is 5. The van der Waals surface area contributed by atoms with Gasteiger partial charge >= 0.3 is 5.97 Å². The second-order valence-corrected chi connectivity index (χ2v) is 5.32. The topological polar surface area (TPSA) is 46.5 Å². The number of hydrogen-bond acceptors (Lipinski definition) is 4. The fraction of sp³-hybridized carbons (Fsp3) is 0.267. The molecule has 0 aliphatic rings. The number of aliphatic hydroxyl groups excluding tert-OH is 1. The third-order valence-corrected chi connectivity index (χ3v) is 3.82. The third kappa shape index (κ3) is 3.66. The Morgan fingerprint density at radius 3 is 2.68 bits per heavy atom. The van der Waals surface area contributed by atoms with E-state index < -0.39 is 12.1 Å². The van der Waals surface area contributed by atoms with E-state index in [9.17, 15) is 9.90 Å². The lowest BCUT2D eigenvalue weighted by molar-refractivity contribution is -0.153. The van der Waals surface area contributed by atoms with E-state index >= 15 is 0 Å². The largest absolute Gasteiger partial charge is 0.464 e. The number of aliphatic hydroxyl groups is 1. The van der Waals surface area contributed by atoms with Gasteiger partial charge in [0.05, 0.1) is 6.61 Å². The number of esters is 1. The second-order valence-electron chi connectivity index (χ2n) is 4.12. The zero-order valence-electron chi connectivity index (χ0n) is 10.7. The summed E-state index contributed by atoms with van der Waals surface area (Å²) >= 11 is 1.44. The molecule has 1 heterocycles. The SMILES string of the molecule is CCOC(=O)[C@@H](O)c1ccc(Cc2ccccc2)s1. The summed E-state index contributed by atoms with van der Waals surface area (Å²) in [6.45, 7) is 2.00. The molecule has 0 saturated carbocycles. The summed E-state index contributed by atoms with van der Waals surface area (Å²) in [5.41, 5.74) is 1.21. The Balaban J connectivity index is 2.05. The van der Waals surface area contributed by atoms with Crippen molar-refractivity contribution in [3.63, 3.8) is 0 Å². The maximum atomic E-state index is 11.4. The van der Waals surface area contributed by atoms with Gasteiger partial charge in [-0.1, -0.05) is 30.3 Å². The first kappa shape index (κ1) is 13.8. The Kier molecular flexibility index (Phi) is 4.71. The van der Waals surface area contributed by atoms with Gasteiger partial charge < -0.3 is 9.84 Å². The number of ether oxygens (including phenoxy) is 1. The lowest BCUT2D eigenvalue weighted by Gasteiger charge is -2.06. The summed E-state index contributed by atoms with van der Waals surface area (Å²) in [5.74, 6) is -0.587. The molecule has 0 bridgehead atoms. The second kappa shape index (κ2) is 6.50. The molecule has 0 spiro atoms. The maximum Gasteiger partial charge on any atom is 0.340 e. The first-order chi connectivity index (χ1) is 9.20. The molecule has 0 saturated heterocycles. The van der Waals surface area contributed by atoms with Crippen molar-refractivity contribution in [1.82, 2.24) is 0 Å². The number of carbonyl (C=O) groups excluding carboxylic acids is 1. The molecular weight excluding hydrogens is 260 g/mol. The van der Waals surface area contributed by atoms with E-state index in [1.54, 1.807) is 13.0 Å². The number of thiophene rings is 1. The summed E-state index contributed by atoms with van der Waals surface area (Å²) in [7, 11) is 0. The molecule has 0 aliphatic heterocycles. The average molecular weight is 276 g/mol. The van der Waals surface area contributed by atoms with Crippen LogP contribution in [0.1, 0.15) is 28.3 Å². The smallest absolute Gasteiger partial charge is 0.340 e. The molecule has 0 unspecified atom stereocenters. The highest BCUT2D eigenvalue weighted by Crippen LogP contribution is 2.26. The fourth-order valence-corrected chi connectivity index (χ4v) is 2.79. The Morgan fingerprint density at radius 2 is 2.00 bits per heavy atom. The molecule has 2 rings (SSSR count). The van der Waals surface area contributed by atoms with E-state index in [4.69, 9.17) is 4.74 Å². The fourth-order valence-electron chi connectivity index (χ4n) is 1.77. The van der Waals surface area contributed by atoms with Crippen LogP contribution >= 0.6 is 11.3 Å². The van der Waals surface area contributed by atoms with Crippen molar-refractivity contribution in [2.24, 2.45) is 0 Å². The van der Waals surface area contributed by atoms with Crippen molar-refractivity contribution in [2.45, 2.75) is 19.4 Å². The summed E-state index contributed by atoms with van der Waals surface area (Å²) in [5, 5.41) is 9.84. The molecule has 1 aromatic heterocycles. The molecule has 1 aromatic carbocycles. The van der Waals surface area contributed by atoms with E-state index in [1.807, 2.05) is 24.3 Å². The highest BCUT2D eigenvalue weighted by Gasteiger charge is 2.20. The lowest BCUT2D eigenvalue weighted by Crippen LogP contribution is -2.14. The van der Waals surface area contributed by atoms with Gasteiger partial charge in [-0.25, -0.2) is 4.79 Å². The van der Waals surface area contributed by atoms with Crippen LogP contribution in [0.5, 0.6) is 0 Å². The summed E-state index contributed by atoms with van der Waals surface area (Å²) in [6, 6.07) is 13.8. The van der Waals surface area contributed by atoms with E-state index in [1.165, 1.54) is 16.9 Å². The zero-order valence-corrected chi connectivity index (χ0v) is 11.5. The molecular formula is C15H16O3S. The van der Waals surface area contributed by atoms with Gasteiger partial charge in [0.2, 0.25) is 0 Å². The monoisotopic (exact) mass is 276 g/mol. The molecule has 0 amide bonds. The van der Waals surface area contributed by atoms with Crippen LogP contribution in [0.15, 0.2) is 42.5 Å². The van der Waals surface area contributed by atoms with Crippen molar-refractivity contribution in [3.05, 3.63) is 57.8 Å². The molecule has 4 heteroatoms. The van der Waals surface area contributed by atoms with Crippen LogP contribution in [-0.2, 0) is 16.0 Å². The minimum absolute atomic E-state index is 0.276. The van der Waals surface area contributed by atoms with Crippen molar-refractivity contribution in [3.8, 4) is 0 Å². The minimum Gasteiger partial charge on any atom is -0.464 e. The number of hydrogen-bond donors (Lipinski definition) is 1. The Hall–Kier alpha value is -1.65. The molecule has 2 aromatic rings. The standard InChI is InChI=1S/C15H16O3S/c1-2-18-15(17)14(16)13-9-8-12(19-13)10-11-6-4-3-5-7-11/h3-9,14,16H,2,10H2,1H3/t14-/m0/s1. The third-order valence-electron chi connectivity index (χ3n) is 2.68. The van der Waals surface area contributed by atoms with Crippen LogP contribution in [0.3, 0.4) is 0 Å². The zero-order chi connectivity index (χ0) is 13.7. The van der Waals surface area contributed by atoms with Crippen molar-refractivity contribution in [1.29, 1.82) is 0 Å². The first-order valence-electron chi connectivity index (χ1n) is 6.18. The predicted octanol–water partition coefficient (Wildman–Crippen LogP) is 2.94. The summed E-state index contributed by atoms with van der Waals surface area (Å²) in [6.07, 6.45) is -0.365. The molecule has 0 fully saturated rings. The van der Waals surface area contributed by atoms with Gasteiger partial charge in [0.25, 0.3) is 0 Å². The average Bonchev–Trinajstić information content (AvgIpc) is 2.88. The maximum absolute atomic E-state index is 11.4. The molecule has 1 atom stereocenters. The van der Waals surface area contributed by atoms with E-state index in [2.05, 4.69) is 12.1 Å². The van der Waals surface area contributed by atoms with Crippen LogP contribution in [-0.4, -0.2) is 17.7 Å². The van der Waals surface area contributed by atoms with Gasteiger partial charge in [-0.2, -0.15) is 0 Å². The molecule has 0 radical (unpaired) electrons. The van der Waals surface area contributed by atoms with Gasteiger partial charge in [0.15, 0.2) is 6.10 Å². The number of benzene rings is 1. The highest BCUT2D eigenvalue weighted by atomic mass is 32.1. The summed E-state index contributed by atoms with van der Waals surface area (Å²) < 4.78 is 4.80. The normalized spacial score (nSPS) is 12.1. The van der Waals surface area contributed by atoms with Crippen molar-refractivity contribution in [2.75, 3.05) is 6.61 Å². The molecule has 100 valence electrons. The van der Waals surface area contributed by atoms with E-state index in [0.717, 1.165) is 11.3 Å². The van der Waals surface area contributed by atoms with Crippen LogP contribution < -0.4 is 0 Å². The quantitative estimate of drug-likeness (QED) is 0.854. The molecule has 1 N–H and O–H groups in total. The minimum atomic E-state index is -1.17. The van der Waals surface area contributed by atoms with Crippen LogP contribution in [0, 0.1) is 0 Å².